The topological polar surface area (TPSA) is 29.3 Å². The molecule has 2 nitrogen and oxygen atoms in total. The number of thioether (sulfide) groups is 1. The molecule has 3 heteroatoms. The first kappa shape index (κ1) is 10.1. The Morgan fingerprint density at radius 3 is 2.67 bits per heavy atom. The summed E-state index contributed by atoms with van der Waals surface area (Å²) in [4.78, 5) is 1.50. The van der Waals surface area contributed by atoms with Gasteiger partial charge in [0.1, 0.15) is 0 Å². The van der Waals surface area contributed by atoms with Crippen molar-refractivity contribution in [2.75, 3.05) is 13.1 Å². The first-order valence-electron chi connectivity index (χ1n) is 4.50. The molecule has 0 unspecified atom stereocenters. The number of hydrogen-bond acceptors (Lipinski definition) is 3. The van der Waals surface area contributed by atoms with Crippen molar-refractivity contribution < 1.29 is 0 Å². The van der Waals surface area contributed by atoms with Gasteiger partial charge in [0.15, 0.2) is 0 Å². The Bertz CT molecular complexity index is 187. The van der Waals surface area contributed by atoms with Crippen molar-refractivity contribution in [3.8, 4) is 0 Å². The predicted molar refractivity (Wildman–Crippen MR) is 55.8 cm³/mol. The van der Waals surface area contributed by atoms with Crippen LogP contribution in [0, 0.1) is 0 Å². The number of rotatable bonds is 3. The average molecular weight is 186 g/mol. The van der Waals surface area contributed by atoms with Gasteiger partial charge in [0, 0.05) is 23.2 Å². The third-order valence-electron chi connectivity index (χ3n) is 1.94. The molecule has 1 aliphatic heterocycles. The molecule has 0 aromatic heterocycles. The standard InChI is InChI=1S/C9H18N2S/c1-4-8-5-11(10)6-9(8)12-7(2)3/h7H,4-6,10H2,1-3H3. The molecule has 0 aromatic carbocycles. The molecule has 12 heavy (non-hydrogen) atoms. The summed E-state index contributed by atoms with van der Waals surface area (Å²) < 4.78 is 0. The highest BCUT2D eigenvalue weighted by Crippen LogP contribution is 2.30. The number of hydrazine groups is 1. The highest BCUT2D eigenvalue weighted by Gasteiger charge is 2.18. The maximum absolute atomic E-state index is 5.75. The molecule has 0 fully saturated rings. The fourth-order valence-electron chi connectivity index (χ4n) is 1.40. The summed E-state index contributed by atoms with van der Waals surface area (Å²) in [6, 6.07) is 0. The number of nitrogens with zero attached hydrogens (tertiary/aromatic N) is 1. The molecule has 0 aliphatic carbocycles. The summed E-state index contributed by atoms with van der Waals surface area (Å²) in [5.41, 5.74) is 1.52. The molecule has 0 saturated carbocycles. The lowest BCUT2D eigenvalue weighted by molar-refractivity contribution is 0.362. The molecule has 2 N–H and O–H groups in total. The van der Waals surface area contributed by atoms with E-state index in [2.05, 4.69) is 20.8 Å². The molecule has 0 amide bonds. The second-order valence-corrected chi connectivity index (χ2v) is 5.12. The second kappa shape index (κ2) is 4.30. The van der Waals surface area contributed by atoms with Gasteiger partial charge in [0.2, 0.25) is 0 Å². The maximum Gasteiger partial charge on any atom is 0.0442 e. The highest BCUT2D eigenvalue weighted by molar-refractivity contribution is 8.03. The molecule has 0 saturated heterocycles. The van der Waals surface area contributed by atoms with Crippen molar-refractivity contribution >= 4 is 11.8 Å². The molecule has 70 valence electrons. The van der Waals surface area contributed by atoms with Gasteiger partial charge in [-0.15, -0.1) is 11.8 Å². The Morgan fingerprint density at radius 2 is 2.17 bits per heavy atom. The van der Waals surface area contributed by atoms with Crippen LogP contribution in [0.15, 0.2) is 10.5 Å². The Kier molecular flexibility index (Phi) is 3.62. The van der Waals surface area contributed by atoms with E-state index in [1.807, 2.05) is 16.8 Å². The molecule has 1 heterocycles. The summed E-state index contributed by atoms with van der Waals surface area (Å²) in [5, 5.41) is 2.57. The number of nitrogens with two attached hydrogens (primary N) is 1. The van der Waals surface area contributed by atoms with Gasteiger partial charge in [-0.25, -0.2) is 5.01 Å². The Hall–Kier alpha value is 0.01000. The monoisotopic (exact) mass is 186 g/mol. The fraction of sp³-hybridized carbons (Fsp3) is 0.778. The van der Waals surface area contributed by atoms with Crippen LogP contribution in [-0.4, -0.2) is 23.3 Å². The summed E-state index contributed by atoms with van der Waals surface area (Å²) in [7, 11) is 0. The van der Waals surface area contributed by atoms with Gasteiger partial charge in [-0.2, -0.15) is 0 Å². The van der Waals surface area contributed by atoms with E-state index in [0.29, 0.717) is 5.25 Å². The zero-order valence-corrected chi connectivity index (χ0v) is 8.95. The fourth-order valence-corrected chi connectivity index (χ4v) is 2.58. The van der Waals surface area contributed by atoms with Crippen LogP contribution >= 0.6 is 11.8 Å². The van der Waals surface area contributed by atoms with Crippen molar-refractivity contribution in [2.45, 2.75) is 32.4 Å². The summed E-state index contributed by atoms with van der Waals surface area (Å²) in [6.45, 7) is 8.57. The Labute approximate surface area is 79.2 Å². The van der Waals surface area contributed by atoms with Crippen LogP contribution in [-0.2, 0) is 0 Å². The van der Waals surface area contributed by atoms with Crippen LogP contribution in [0.1, 0.15) is 27.2 Å². The lowest BCUT2D eigenvalue weighted by Crippen LogP contribution is -2.28. The largest absolute Gasteiger partial charge is 0.268 e. The van der Waals surface area contributed by atoms with Crippen LogP contribution in [0.2, 0.25) is 0 Å². The van der Waals surface area contributed by atoms with Gasteiger partial charge in [0.25, 0.3) is 0 Å². The minimum absolute atomic E-state index is 0.674. The third-order valence-corrected chi connectivity index (χ3v) is 3.11. The SMILES string of the molecule is CCC1=C(SC(C)C)CN(N)C1. The van der Waals surface area contributed by atoms with Crippen molar-refractivity contribution in [1.82, 2.24) is 5.01 Å². The first-order valence-corrected chi connectivity index (χ1v) is 5.38. The van der Waals surface area contributed by atoms with Crippen LogP contribution in [0.4, 0.5) is 0 Å². The summed E-state index contributed by atoms with van der Waals surface area (Å²) >= 11 is 1.96. The van der Waals surface area contributed by atoms with Gasteiger partial charge < -0.3 is 0 Å². The van der Waals surface area contributed by atoms with Crippen LogP contribution in [0.5, 0.6) is 0 Å². The summed E-state index contributed by atoms with van der Waals surface area (Å²) in [6.07, 6.45) is 1.14. The highest BCUT2D eigenvalue weighted by atomic mass is 32.2. The Morgan fingerprint density at radius 1 is 1.50 bits per heavy atom. The first-order chi connectivity index (χ1) is 5.63. The van der Waals surface area contributed by atoms with E-state index in [9.17, 15) is 0 Å². The van der Waals surface area contributed by atoms with E-state index < -0.39 is 0 Å². The van der Waals surface area contributed by atoms with Gasteiger partial charge in [-0.1, -0.05) is 20.8 Å². The van der Waals surface area contributed by atoms with Gasteiger partial charge in [0.05, 0.1) is 0 Å². The van der Waals surface area contributed by atoms with Crippen LogP contribution in [0.25, 0.3) is 0 Å². The minimum Gasteiger partial charge on any atom is -0.268 e. The van der Waals surface area contributed by atoms with Crippen LogP contribution < -0.4 is 5.84 Å². The van der Waals surface area contributed by atoms with Crippen LogP contribution in [0.3, 0.4) is 0 Å². The molecule has 1 rings (SSSR count). The van der Waals surface area contributed by atoms with E-state index in [0.717, 1.165) is 19.5 Å². The van der Waals surface area contributed by atoms with E-state index in [1.165, 1.54) is 10.5 Å². The zero-order chi connectivity index (χ0) is 9.14. The van der Waals surface area contributed by atoms with Gasteiger partial charge in [-0.05, 0) is 12.0 Å². The van der Waals surface area contributed by atoms with Gasteiger partial charge in [-0.3, -0.25) is 5.84 Å². The zero-order valence-electron chi connectivity index (χ0n) is 8.13. The molecular weight excluding hydrogens is 168 g/mol. The molecule has 0 radical (unpaired) electrons. The van der Waals surface area contributed by atoms with E-state index in [4.69, 9.17) is 5.84 Å². The predicted octanol–water partition coefficient (Wildman–Crippen LogP) is 1.98. The normalized spacial score (nSPS) is 19.8. The lowest BCUT2D eigenvalue weighted by atomic mass is 10.2. The van der Waals surface area contributed by atoms with Crippen molar-refractivity contribution in [2.24, 2.45) is 5.84 Å². The van der Waals surface area contributed by atoms with Gasteiger partial charge >= 0.3 is 0 Å². The average Bonchev–Trinajstić information content (AvgIpc) is 2.29. The van der Waals surface area contributed by atoms with Crippen molar-refractivity contribution in [3.63, 3.8) is 0 Å². The maximum atomic E-state index is 5.75. The quantitative estimate of drug-likeness (QED) is 0.683. The smallest absolute Gasteiger partial charge is 0.0442 e. The van der Waals surface area contributed by atoms with Crippen molar-refractivity contribution in [3.05, 3.63) is 10.5 Å². The van der Waals surface area contributed by atoms with E-state index in [-0.39, 0.29) is 0 Å². The molecular formula is C9H18N2S. The molecule has 0 atom stereocenters. The third kappa shape index (κ3) is 2.51. The Balaban J connectivity index is 2.58. The van der Waals surface area contributed by atoms with Crippen molar-refractivity contribution in [1.29, 1.82) is 0 Å². The minimum atomic E-state index is 0.674. The second-order valence-electron chi connectivity index (χ2n) is 3.45. The summed E-state index contributed by atoms with van der Waals surface area (Å²) in [5.74, 6) is 5.75. The molecule has 1 aliphatic rings. The molecule has 0 aromatic rings. The van der Waals surface area contributed by atoms with E-state index in [1.54, 1.807) is 0 Å². The molecule has 0 bridgehead atoms. The van der Waals surface area contributed by atoms with E-state index >= 15 is 0 Å². The molecule has 0 spiro atoms. The number of hydrogen-bond donors (Lipinski definition) is 1. The lowest BCUT2D eigenvalue weighted by Gasteiger charge is -2.08.